The van der Waals surface area contributed by atoms with E-state index in [1.807, 2.05) is 11.3 Å². The first-order chi connectivity index (χ1) is 24.2. The van der Waals surface area contributed by atoms with Crippen LogP contribution < -0.4 is 0 Å². The zero-order valence-electron chi connectivity index (χ0n) is 26.9. The van der Waals surface area contributed by atoms with Gasteiger partial charge in [0, 0.05) is 25.9 Å². The molecule has 0 spiro atoms. The third-order valence-corrected chi connectivity index (χ3v) is 11.1. The van der Waals surface area contributed by atoms with Crippen molar-refractivity contribution in [2.45, 2.75) is 6.92 Å². The average Bonchev–Trinajstić information content (AvgIpc) is 3.71. The zero-order chi connectivity index (χ0) is 32.5. The summed E-state index contributed by atoms with van der Waals surface area (Å²) in [4.78, 5) is 4.88. The van der Waals surface area contributed by atoms with Gasteiger partial charge < -0.3 is 0 Å². The topological polar surface area (TPSA) is 17.8 Å². The van der Waals surface area contributed by atoms with Crippen molar-refractivity contribution in [1.82, 2.24) is 9.55 Å². The molecule has 2 nitrogen and oxygen atoms in total. The molecule has 3 heteroatoms. The Morgan fingerprint density at radius 1 is 0.469 bits per heavy atom. The van der Waals surface area contributed by atoms with E-state index in [0.29, 0.717) is 0 Å². The maximum absolute atomic E-state index is 4.88. The highest BCUT2D eigenvalue weighted by Crippen LogP contribution is 2.48. The quantitative estimate of drug-likeness (QED) is 0.175. The van der Waals surface area contributed by atoms with Gasteiger partial charge in [-0.2, -0.15) is 0 Å². The second-order valence-electron chi connectivity index (χ2n) is 12.7. The number of fused-ring (bicyclic) bond motifs is 6. The van der Waals surface area contributed by atoms with Gasteiger partial charge in [-0.3, -0.25) is 4.57 Å². The van der Waals surface area contributed by atoms with Gasteiger partial charge in [0.15, 0.2) is 0 Å². The fourth-order valence-electron chi connectivity index (χ4n) is 7.85. The maximum atomic E-state index is 4.88. The summed E-state index contributed by atoms with van der Waals surface area (Å²) >= 11 is 1.88. The maximum Gasteiger partial charge on any atom is 0.111 e. The highest BCUT2D eigenvalue weighted by atomic mass is 32.1. The number of aromatic nitrogens is 2. The molecule has 230 valence electrons. The van der Waals surface area contributed by atoms with Gasteiger partial charge in [0.25, 0.3) is 0 Å². The predicted molar refractivity (Wildman–Crippen MR) is 210 cm³/mol. The lowest BCUT2D eigenvalue weighted by Crippen LogP contribution is -1.98. The number of thiophene rings is 1. The Kier molecular flexibility index (Phi) is 6.30. The first-order valence-electron chi connectivity index (χ1n) is 16.7. The SMILES string of the molecule is Cc1nc2ccccc2n1-c1cccc(-c2c3ccccc3c(-c3cccc4sc5ccccc5c34)c3cc(-c4ccccc4)ccc23)c1. The van der Waals surface area contributed by atoms with E-state index in [2.05, 4.69) is 175 Å². The van der Waals surface area contributed by atoms with Gasteiger partial charge in [-0.25, -0.2) is 4.98 Å². The number of hydrogen-bond acceptors (Lipinski definition) is 2. The van der Waals surface area contributed by atoms with E-state index in [0.717, 1.165) is 22.5 Å². The summed E-state index contributed by atoms with van der Waals surface area (Å²) in [7, 11) is 0. The highest BCUT2D eigenvalue weighted by molar-refractivity contribution is 7.25. The standard InChI is InChI=1S/C46H30N2S/c1-29-47-40-21-8-9-22-41(40)48(29)33-16-11-15-32(27-33)44-34-17-5-6-18-35(34)45(39-28-31(25-26-36(39)44)30-13-3-2-4-14-30)38-20-12-24-43-46(38)37-19-7-10-23-42(37)49-43/h2-28H,1H3. The fraction of sp³-hybridized carbons (Fsp3) is 0.0217. The highest BCUT2D eigenvalue weighted by Gasteiger charge is 2.21. The second kappa shape index (κ2) is 11.0. The van der Waals surface area contributed by atoms with Crippen LogP contribution >= 0.6 is 11.3 Å². The molecule has 0 saturated carbocycles. The Morgan fingerprint density at radius 2 is 1.14 bits per heavy atom. The average molecular weight is 643 g/mol. The van der Waals surface area contributed by atoms with Gasteiger partial charge in [-0.1, -0.05) is 121 Å². The minimum absolute atomic E-state index is 0.979. The number of para-hydroxylation sites is 2. The normalized spacial score (nSPS) is 11.8. The molecule has 10 rings (SSSR count). The lowest BCUT2D eigenvalue weighted by Gasteiger charge is -2.20. The molecule has 0 fully saturated rings. The molecule has 0 saturated heterocycles. The molecule has 0 aliphatic rings. The first kappa shape index (κ1) is 28.0. The Balaban J connectivity index is 1.33. The second-order valence-corrected chi connectivity index (χ2v) is 13.8. The fourth-order valence-corrected chi connectivity index (χ4v) is 8.98. The lowest BCUT2D eigenvalue weighted by atomic mass is 9.84. The molecule has 0 atom stereocenters. The number of hydrogen-bond donors (Lipinski definition) is 0. The van der Waals surface area contributed by atoms with Crippen LogP contribution in [0.5, 0.6) is 0 Å². The predicted octanol–water partition coefficient (Wildman–Crippen LogP) is 13.0. The van der Waals surface area contributed by atoms with E-state index in [9.17, 15) is 0 Å². The van der Waals surface area contributed by atoms with Crippen molar-refractivity contribution >= 4 is 64.1 Å². The summed E-state index contributed by atoms with van der Waals surface area (Å²) in [6, 6.07) is 59.8. The molecule has 0 bridgehead atoms. The van der Waals surface area contributed by atoms with E-state index in [1.165, 1.54) is 75.1 Å². The van der Waals surface area contributed by atoms with Crippen LogP contribution in [0, 0.1) is 6.92 Å². The Labute approximate surface area is 288 Å². The van der Waals surface area contributed by atoms with Crippen molar-refractivity contribution in [3.63, 3.8) is 0 Å². The van der Waals surface area contributed by atoms with E-state index in [4.69, 9.17) is 4.98 Å². The van der Waals surface area contributed by atoms with E-state index < -0.39 is 0 Å². The van der Waals surface area contributed by atoms with Gasteiger partial charge in [0.1, 0.15) is 5.82 Å². The summed E-state index contributed by atoms with van der Waals surface area (Å²) in [5.74, 6) is 0.979. The van der Waals surface area contributed by atoms with Crippen molar-refractivity contribution in [3.8, 4) is 39.1 Å². The molecule has 0 radical (unpaired) electrons. The summed E-state index contributed by atoms with van der Waals surface area (Å²) in [6.45, 7) is 2.09. The minimum atomic E-state index is 0.979. The lowest BCUT2D eigenvalue weighted by molar-refractivity contribution is 1.00. The molecule has 2 heterocycles. The molecule has 49 heavy (non-hydrogen) atoms. The largest absolute Gasteiger partial charge is 0.297 e. The monoisotopic (exact) mass is 642 g/mol. The summed E-state index contributed by atoms with van der Waals surface area (Å²) in [5.41, 5.74) is 10.7. The van der Waals surface area contributed by atoms with E-state index in [1.54, 1.807) is 0 Å². The van der Waals surface area contributed by atoms with Crippen LogP contribution in [0.2, 0.25) is 0 Å². The Bertz CT molecular complexity index is 2890. The molecule has 8 aromatic carbocycles. The molecule has 10 aromatic rings. The van der Waals surface area contributed by atoms with Crippen molar-refractivity contribution in [2.75, 3.05) is 0 Å². The summed E-state index contributed by atoms with van der Waals surface area (Å²) < 4.78 is 4.90. The molecule has 0 unspecified atom stereocenters. The molecule has 2 aromatic heterocycles. The van der Waals surface area contributed by atoms with Crippen LogP contribution in [0.25, 0.3) is 91.8 Å². The van der Waals surface area contributed by atoms with E-state index in [-0.39, 0.29) is 0 Å². The van der Waals surface area contributed by atoms with Crippen molar-refractivity contribution < 1.29 is 0 Å². The summed E-state index contributed by atoms with van der Waals surface area (Å²) in [5, 5.41) is 7.65. The van der Waals surface area contributed by atoms with Crippen LogP contribution in [0.15, 0.2) is 164 Å². The van der Waals surface area contributed by atoms with Gasteiger partial charge in [-0.15, -0.1) is 11.3 Å². The van der Waals surface area contributed by atoms with Gasteiger partial charge >= 0.3 is 0 Å². The van der Waals surface area contributed by atoms with Gasteiger partial charge in [0.05, 0.1) is 11.0 Å². The molecular formula is C46H30N2S. The molecule has 0 aliphatic heterocycles. The molecule has 0 N–H and O–H groups in total. The Morgan fingerprint density at radius 3 is 2.02 bits per heavy atom. The molecular weight excluding hydrogens is 613 g/mol. The van der Waals surface area contributed by atoms with Crippen LogP contribution in [0.3, 0.4) is 0 Å². The third-order valence-electron chi connectivity index (χ3n) is 9.92. The van der Waals surface area contributed by atoms with Crippen LogP contribution in [0.4, 0.5) is 0 Å². The molecule has 0 aliphatic carbocycles. The minimum Gasteiger partial charge on any atom is -0.297 e. The smallest absolute Gasteiger partial charge is 0.111 e. The summed E-state index contributed by atoms with van der Waals surface area (Å²) in [6.07, 6.45) is 0. The number of nitrogens with zero attached hydrogens (tertiary/aromatic N) is 2. The zero-order valence-corrected chi connectivity index (χ0v) is 27.7. The van der Waals surface area contributed by atoms with Gasteiger partial charge in [-0.05, 0) is 104 Å². The van der Waals surface area contributed by atoms with E-state index >= 15 is 0 Å². The van der Waals surface area contributed by atoms with Crippen molar-refractivity contribution in [2.24, 2.45) is 0 Å². The van der Waals surface area contributed by atoms with Gasteiger partial charge in [0.2, 0.25) is 0 Å². The number of rotatable bonds is 4. The number of benzene rings is 8. The Hall–Kier alpha value is -6.03. The number of aryl methyl sites for hydroxylation is 1. The first-order valence-corrected chi connectivity index (χ1v) is 17.5. The molecule has 0 amide bonds. The van der Waals surface area contributed by atoms with Crippen molar-refractivity contribution in [1.29, 1.82) is 0 Å². The van der Waals surface area contributed by atoms with Crippen LogP contribution in [-0.2, 0) is 0 Å². The van der Waals surface area contributed by atoms with Crippen LogP contribution in [-0.4, -0.2) is 9.55 Å². The van der Waals surface area contributed by atoms with Crippen molar-refractivity contribution in [3.05, 3.63) is 170 Å². The third kappa shape index (κ3) is 4.36. The van der Waals surface area contributed by atoms with Crippen LogP contribution in [0.1, 0.15) is 5.82 Å². The number of imidazole rings is 1.